The second kappa shape index (κ2) is 16.3. The van der Waals surface area contributed by atoms with Crippen LogP contribution in [0.4, 0.5) is 0 Å². The molecule has 4 aromatic rings. The first kappa shape index (κ1) is 38.8. The maximum absolute atomic E-state index is 14.2. The topological polar surface area (TPSA) is 173 Å². The van der Waals surface area contributed by atoms with Crippen molar-refractivity contribution in [1.82, 2.24) is 25.2 Å². The van der Waals surface area contributed by atoms with E-state index in [0.717, 1.165) is 49.5 Å². The molecule has 1 aromatic heterocycles. The Labute approximate surface area is 326 Å². The minimum atomic E-state index is -4.41. The van der Waals surface area contributed by atoms with Crippen LogP contribution >= 0.6 is 0 Å². The van der Waals surface area contributed by atoms with E-state index in [2.05, 4.69) is 15.4 Å². The Bertz CT molecular complexity index is 2250. The summed E-state index contributed by atoms with van der Waals surface area (Å²) in [5.41, 5.74) is 0.881. The Morgan fingerprint density at radius 3 is 2.43 bits per heavy atom. The highest BCUT2D eigenvalue weighted by atomic mass is 32.2. The molecule has 3 aliphatic rings. The maximum Gasteiger partial charge on any atom is 0.264 e. The van der Waals surface area contributed by atoms with Gasteiger partial charge in [-0.1, -0.05) is 68.5 Å². The van der Waals surface area contributed by atoms with Gasteiger partial charge in [0.15, 0.2) is 0 Å². The van der Waals surface area contributed by atoms with Crippen LogP contribution in [0.1, 0.15) is 75.1 Å². The molecule has 56 heavy (non-hydrogen) atoms. The Balaban J connectivity index is 1.13. The normalized spacial score (nSPS) is 24.1. The van der Waals surface area contributed by atoms with E-state index in [1.165, 1.54) is 36.1 Å². The third kappa shape index (κ3) is 8.35. The SMILES string of the molecule is COc1ccc2c(O[C@@H]3C[C@@H](C(=O)N[C@]45C[C@H]4CCCCCCCCNC(=O)c4cccc(c4)S(=O)(=O)NC5=O)N(C(C)=O)C3)cc(-c3ccccc3)nc2c1. The molecule has 3 N–H and O–H groups in total. The lowest BCUT2D eigenvalue weighted by molar-refractivity contribution is -0.138. The van der Waals surface area contributed by atoms with Gasteiger partial charge in [0.1, 0.15) is 29.2 Å². The van der Waals surface area contributed by atoms with Crippen LogP contribution in [0.25, 0.3) is 22.2 Å². The highest BCUT2D eigenvalue weighted by Crippen LogP contribution is 2.48. The minimum absolute atomic E-state index is 0.120. The summed E-state index contributed by atoms with van der Waals surface area (Å²) in [6, 6.07) is 21.5. The first-order valence-electron chi connectivity index (χ1n) is 19.2. The van der Waals surface area contributed by atoms with E-state index >= 15 is 0 Å². The molecule has 0 unspecified atom stereocenters. The summed E-state index contributed by atoms with van der Waals surface area (Å²) < 4.78 is 41.4. The molecule has 2 bridgehead atoms. The molecular weight excluding hydrogens is 735 g/mol. The highest BCUT2D eigenvalue weighted by molar-refractivity contribution is 7.90. The van der Waals surface area contributed by atoms with Gasteiger partial charge in [0.25, 0.3) is 21.8 Å². The number of sulfonamides is 1. The van der Waals surface area contributed by atoms with Gasteiger partial charge < -0.3 is 25.0 Å². The quantitative estimate of drug-likeness (QED) is 0.240. The van der Waals surface area contributed by atoms with Crippen LogP contribution in [-0.2, 0) is 24.4 Å². The maximum atomic E-state index is 14.2. The molecule has 1 aliphatic carbocycles. The van der Waals surface area contributed by atoms with Gasteiger partial charge in [0.2, 0.25) is 11.8 Å². The number of likely N-dealkylation sites (tertiary alicyclic amines) is 1. The molecule has 0 radical (unpaired) electrons. The predicted octanol–water partition coefficient (Wildman–Crippen LogP) is 5.13. The van der Waals surface area contributed by atoms with Crippen LogP contribution in [0.5, 0.6) is 11.5 Å². The van der Waals surface area contributed by atoms with Crippen molar-refractivity contribution in [1.29, 1.82) is 0 Å². The molecule has 4 amide bonds. The zero-order valence-corrected chi connectivity index (χ0v) is 32.4. The molecule has 7 rings (SSSR count). The third-order valence-electron chi connectivity index (χ3n) is 11.1. The smallest absolute Gasteiger partial charge is 0.264 e. The molecule has 3 heterocycles. The van der Waals surface area contributed by atoms with E-state index in [4.69, 9.17) is 14.5 Å². The molecule has 13 nitrogen and oxygen atoms in total. The van der Waals surface area contributed by atoms with Crippen molar-refractivity contribution in [2.75, 3.05) is 20.2 Å². The lowest BCUT2D eigenvalue weighted by Gasteiger charge is -2.26. The number of amides is 4. The fourth-order valence-corrected chi connectivity index (χ4v) is 8.97. The van der Waals surface area contributed by atoms with E-state index in [-0.39, 0.29) is 41.7 Å². The van der Waals surface area contributed by atoms with Crippen LogP contribution in [-0.4, -0.2) is 79.8 Å². The first-order chi connectivity index (χ1) is 27.0. The summed E-state index contributed by atoms with van der Waals surface area (Å²) in [5.74, 6) is -1.28. The van der Waals surface area contributed by atoms with E-state index in [9.17, 15) is 27.6 Å². The molecule has 1 saturated carbocycles. The van der Waals surface area contributed by atoms with Crippen molar-refractivity contribution in [3.8, 4) is 22.8 Å². The summed E-state index contributed by atoms with van der Waals surface area (Å²) >= 11 is 0. The van der Waals surface area contributed by atoms with Gasteiger partial charge in [0.05, 0.1) is 29.8 Å². The standard InChI is InChI=1S/C42H47N5O8S/c1-27(48)47-26-32(55-38-24-35(28-13-8-7-9-14-28)44-36-22-31(54-2)18-19-34(36)38)23-37(47)40(50)45-42-25-30(42)16-10-5-3-4-6-11-20-43-39(49)29-15-12-17-33(21-29)56(52,53)46-41(42)51/h7-9,12-15,17-19,21-22,24,30,32,37H,3-6,10-11,16,20,23,25-26H2,1-2H3,(H,43,49)(H,45,50)(H,46,51)/t30-,32-,37+,42-/m1/s1. The van der Waals surface area contributed by atoms with Crippen molar-refractivity contribution < 1.29 is 37.1 Å². The van der Waals surface area contributed by atoms with Gasteiger partial charge >= 0.3 is 0 Å². The minimum Gasteiger partial charge on any atom is -0.497 e. The molecule has 2 aliphatic heterocycles. The number of methoxy groups -OCH3 is 1. The number of benzene rings is 3. The van der Waals surface area contributed by atoms with Crippen LogP contribution in [0.2, 0.25) is 0 Å². The van der Waals surface area contributed by atoms with Crippen molar-refractivity contribution in [3.63, 3.8) is 0 Å². The zero-order chi connectivity index (χ0) is 39.5. The molecule has 4 atom stereocenters. The molecule has 1 saturated heterocycles. The van der Waals surface area contributed by atoms with Crippen molar-refractivity contribution in [2.24, 2.45) is 5.92 Å². The largest absolute Gasteiger partial charge is 0.497 e. The van der Waals surface area contributed by atoms with Crippen LogP contribution in [0, 0.1) is 5.92 Å². The Hall–Kier alpha value is -5.50. The van der Waals surface area contributed by atoms with E-state index in [1.54, 1.807) is 7.11 Å². The number of pyridine rings is 1. The fraction of sp³-hybridized carbons (Fsp3) is 0.405. The van der Waals surface area contributed by atoms with Crippen molar-refractivity contribution in [3.05, 3.63) is 84.4 Å². The van der Waals surface area contributed by atoms with Gasteiger partial charge in [-0.05, 0) is 55.5 Å². The second-order valence-corrected chi connectivity index (χ2v) is 16.6. The highest BCUT2D eigenvalue weighted by Gasteiger charge is 2.62. The predicted molar refractivity (Wildman–Crippen MR) is 209 cm³/mol. The van der Waals surface area contributed by atoms with Gasteiger partial charge in [0, 0.05) is 48.5 Å². The summed E-state index contributed by atoms with van der Waals surface area (Å²) in [4.78, 5) is 60.1. The number of fused-ring (bicyclic) bond motifs is 4. The number of nitrogens with zero attached hydrogens (tertiary/aromatic N) is 2. The molecule has 294 valence electrons. The molecule has 0 spiro atoms. The fourth-order valence-electron chi connectivity index (χ4n) is 7.89. The second-order valence-electron chi connectivity index (χ2n) is 14.9. The lowest BCUT2D eigenvalue weighted by atomic mass is 10.0. The number of carbonyl (C=O) groups is 4. The number of hydrogen-bond acceptors (Lipinski definition) is 9. The summed E-state index contributed by atoms with van der Waals surface area (Å²) in [7, 11) is -2.83. The van der Waals surface area contributed by atoms with E-state index in [1.807, 2.05) is 54.6 Å². The molecule has 3 aromatic carbocycles. The Kier molecular flexibility index (Phi) is 11.3. The number of ether oxygens (including phenoxy) is 2. The van der Waals surface area contributed by atoms with Crippen LogP contribution < -0.4 is 24.8 Å². The zero-order valence-electron chi connectivity index (χ0n) is 31.6. The van der Waals surface area contributed by atoms with Crippen LogP contribution in [0.3, 0.4) is 0 Å². The Morgan fingerprint density at radius 1 is 0.911 bits per heavy atom. The number of hydrogen-bond donors (Lipinski definition) is 3. The van der Waals surface area contributed by atoms with Gasteiger partial charge in [-0.3, -0.25) is 19.2 Å². The van der Waals surface area contributed by atoms with Gasteiger partial charge in [-0.2, -0.15) is 0 Å². The van der Waals surface area contributed by atoms with Gasteiger partial charge in [-0.25, -0.2) is 18.1 Å². The number of aromatic nitrogens is 1. The molecule has 2 fully saturated rings. The number of rotatable bonds is 6. The lowest BCUT2D eigenvalue weighted by Crippen LogP contribution is -2.56. The average molecular weight is 782 g/mol. The van der Waals surface area contributed by atoms with Gasteiger partial charge in [-0.15, -0.1) is 0 Å². The monoisotopic (exact) mass is 781 g/mol. The van der Waals surface area contributed by atoms with Crippen LogP contribution in [0.15, 0.2) is 83.8 Å². The first-order valence-corrected chi connectivity index (χ1v) is 20.7. The summed E-state index contributed by atoms with van der Waals surface area (Å²) in [6.45, 7) is 1.99. The average Bonchev–Trinajstić information content (AvgIpc) is 3.72. The van der Waals surface area contributed by atoms with E-state index in [0.29, 0.717) is 35.7 Å². The third-order valence-corrected chi connectivity index (χ3v) is 12.4. The van der Waals surface area contributed by atoms with Crippen molar-refractivity contribution in [2.45, 2.75) is 87.3 Å². The molecular formula is C42H47N5O8S. The number of nitrogens with one attached hydrogen (secondary N) is 3. The van der Waals surface area contributed by atoms with Crippen molar-refractivity contribution >= 4 is 44.6 Å². The van der Waals surface area contributed by atoms with E-state index < -0.39 is 45.4 Å². The summed E-state index contributed by atoms with van der Waals surface area (Å²) in [5, 5.41) is 6.49. The Morgan fingerprint density at radius 2 is 1.66 bits per heavy atom. The molecule has 14 heteroatoms. The number of carbonyl (C=O) groups excluding carboxylic acids is 4. The summed E-state index contributed by atoms with van der Waals surface area (Å²) in [6.07, 6.45) is 5.89.